The van der Waals surface area contributed by atoms with Crippen molar-refractivity contribution < 1.29 is 4.74 Å². The van der Waals surface area contributed by atoms with Crippen LogP contribution in [0.2, 0.25) is 0 Å². The van der Waals surface area contributed by atoms with E-state index in [1.807, 2.05) is 0 Å². The molecule has 1 heterocycles. The highest BCUT2D eigenvalue weighted by atomic mass is 31.0. The van der Waals surface area contributed by atoms with Crippen LogP contribution in [0.4, 0.5) is 0 Å². The number of allylic oxidation sites excluding steroid dienone is 4. The van der Waals surface area contributed by atoms with Crippen LogP contribution in [-0.4, -0.2) is 13.2 Å². The molecule has 1 aliphatic heterocycles. The molecule has 1 atom stereocenters. The van der Waals surface area contributed by atoms with Crippen molar-refractivity contribution in [3.8, 4) is 0 Å². The third-order valence-electron chi connectivity index (χ3n) is 5.46. The molecule has 4 rings (SSSR count). The fourth-order valence-electron chi connectivity index (χ4n) is 4.06. The van der Waals surface area contributed by atoms with Crippen LogP contribution in [0, 0.1) is 5.41 Å². The number of ether oxygens (including phenoxy) is 1. The van der Waals surface area contributed by atoms with E-state index in [1.165, 1.54) is 16.7 Å². The zero-order chi connectivity index (χ0) is 16.5. The molecule has 1 unspecified atom stereocenters. The summed E-state index contributed by atoms with van der Waals surface area (Å²) in [6, 6.07) is 21.7. The summed E-state index contributed by atoms with van der Waals surface area (Å²) in [4.78, 5) is 0. The first kappa shape index (κ1) is 15.8. The van der Waals surface area contributed by atoms with E-state index in [9.17, 15) is 0 Å². The maximum atomic E-state index is 5.78. The Morgan fingerprint density at radius 1 is 0.917 bits per heavy atom. The SMILES string of the molecule is PC(c1ccccc1)(c1ccccc1)C1(CC2=CC=CC2)COC1. The standard InChI is InChI=1S/C22H23OP/c24-22(19-11-3-1-4-12-19,20-13-5-2-6-14-20)21(16-23-17-21)15-18-9-7-8-10-18/h1-9,11-14H,10,15-17,24H2. The van der Waals surface area contributed by atoms with Crippen molar-refractivity contribution in [2.45, 2.75) is 18.0 Å². The average Bonchev–Trinajstić information content (AvgIpc) is 3.12. The number of benzene rings is 2. The molecule has 1 aliphatic carbocycles. The summed E-state index contributed by atoms with van der Waals surface area (Å²) >= 11 is 0. The van der Waals surface area contributed by atoms with Crippen molar-refractivity contribution in [1.82, 2.24) is 0 Å². The minimum absolute atomic E-state index is 0.0816. The van der Waals surface area contributed by atoms with E-state index in [4.69, 9.17) is 4.74 Å². The van der Waals surface area contributed by atoms with Gasteiger partial charge in [-0.3, -0.25) is 0 Å². The van der Waals surface area contributed by atoms with Gasteiger partial charge in [0.25, 0.3) is 0 Å². The van der Waals surface area contributed by atoms with Gasteiger partial charge < -0.3 is 4.74 Å². The van der Waals surface area contributed by atoms with E-state index in [0.29, 0.717) is 0 Å². The monoisotopic (exact) mass is 334 g/mol. The van der Waals surface area contributed by atoms with Crippen LogP contribution in [0.5, 0.6) is 0 Å². The Bertz CT molecular complexity index is 718. The Labute approximate surface area is 146 Å². The van der Waals surface area contributed by atoms with Crippen molar-refractivity contribution in [3.63, 3.8) is 0 Å². The highest BCUT2D eigenvalue weighted by Crippen LogP contribution is 2.58. The molecular formula is C22H23OP. The van der Waals surface area contributed by atoms with E-state index in [0.717, 1.165) is 26.1 Å². The second-order valence-corrected chi connectivity index (χ2v) is 7.81. The summed E-state index contributed by atoms with van der Waals surface area (Å²) in [7, 11) is 3.21. The lowest BCUT2D eigenvalue weighted by molar-refractivity contribution is -0.129. The fourth-order valence-corrected chi connectivity index (χ4v) is 4.71. The lowest BCUT2D eigenvalue weighted by atomic mass is 9.63. The van der Waals surface area contributed by atoms with Crippen molar-refractivity contribution in [2.75, 3.05) is 13.2 Å². The Balaban J connectivity index is 1.83. The molecule has 0 N–H and O–H groups in total. The zero-order valence-corrected chi connectivity index (χ0v) is 15.0. The van der Waals surface area contributed by atoms with Gasteiger partial charge in [-0.15, -0.1) is 9.24 Å². The minimum Gasteiger partial charge on any atom is -0.380 e. The lowest BCUT2D eigenvalue weighted by Crippen LogP contribution is -2.55. The predicted octanol–water partition coefficient (Wildman–Crippen LogP) is 5.10. The van der Waals surface area contributed by atoms with Gasteiger partial charge in [-0.1, -0.05) is 84.5 Å². The highest BCUT2D eigenvalue weighted by Gasteiger charge is 2.55. The number of hydrogen-bond acceptors (Lipinski definition) is 1. The van der Waals surface area contributed by atoms with Crippen LogP contribution in [0.1, 0.15) is 24.0 Å². The number of rotatable bonds is 5. The molecule has 2 aromatic carbocycles. The second-order valence-electron chi connectivity index (χ2n) is 6.95. The maximum absolute atomic E-state index is 5.78. The normalized spacial score (nSPS) is 19.0. The fraction of sp³-hybridized carbons (Fsp3) is 0.273. The first-order chi connectivity index (χ1) is 11.7. The third kappa shape index (κ3) is 2.48. The quantitative estimate of drug-likeness (QED) is 0.691. The predicted molar refractivity (Wildman–Crippen MR) is 103 cm³/mol. The van der Waals surface area contributed by atoms with E-state index in [-0.39, 0.29) is 10.6 Å². The molecular weight excluding hydrogens is 311 g/mol. The Morgan fingerprint density at radius 3 is 1.92 bits per heavy atom. The van der Waals surface area contributed by atoms with Crippen molar-refractivity contribution in [2.24, 2.45) is 5.41 Å². The van der Waals surface area contributed by atoms with Gasteiger partial charge in [-0.25, -0.2) is 0 Å². The third-order valence-corrected chi connectivity index (χ3v) is 6.74. The van der Waals surface area contributed by atoms with Gasteiger partial charge >= 0.3 is 0 Å². The highest BCUT2D eigenvalue weighted by molar-refractivity contribution is 7.19. The molecule has 2 aliphatic rings. The molecule has 0 bridgehead atoms. The van der Waals surface area contributed by atoms with Gasteiger partial charge in [0, 0.05) is 10.6 Å². The molecule has 0 aromatic heterocycles. The van der Waals surface area contributed by atoms with E-state index >= 15 is 0 Å². The average molecular weight is 334 g/mol. The number of hydrogen-bond donors (Lipinski definition) is 0. The molecule has 2 aromatic rings. The molecule has 24 heavy (non-hydrogen) atoms. The van der Waals surface area contributed by atoms with Gasteiger partial charge in [-0.05, 0) is 24.0 Å². The molecule has 0 radical (unpaired) electrons. The van der Waals surface area contributed by atoms with Gasteiger partial charge in [0.2, 0.25) is 0 Å². The molecule has 0 spiro atoms. The Kier molecular flexibility index (Phi) is 4.16. The molecule has 0 amide bonds. The van der Waals surface area contributed by atoms with Gasteiger partial charge in [-0.2, -0.15) is 0 Å². The Hall–Kier alpha value is -1.69. The van der Waals surface area contributed by atoms with Crippen LogP contribution in [0.3, 0.4) is 0 Å². The van der Waals surface area contributed by atoms with E-state index in [2.05, 4.69) is 88.1 Å². The van der Waals surface area contributed by atoms with Crippen molar-refractivity contribution in [1.29, 1.82) is 0 Å². The first-order valence-electron chi connectivity index (χ1n) is 8.57. The summed E-state index contributed by atoms with van der Waals surface area (Å²) in [6.07, 6.45) is 8.86. The van der Waals surface area contributed by atoms with Gasteiger partial charge in [0.05, 0.1) is 13.2 Å². The molecule has 1 nitrogen and oxygen atoms in total. The topological polar surface area (TPSA) is 9.23 Å². The summed E-state index contributed by atoms with van der Waals surface area (Å²) in [5, 5.41) is -0.142. The lowest BCUT2D eigenvalue weighted by Gasteiger charge is -2.55. The van der Waals surface area contributed by atoms with Gasteiger partial charge in [0.1, 0.15) is 0 Å². The largest absolute Gasteiger partial charge is 0.380 e. The zero-order valence-electron chi connectivity index (χ0n) is 13.8. The molecule has 0 saturated carbocycles. The molecule has 122 valence electrons. The second kappa shape index (κ2) is 6.31. The minimum atomic E-state index is -0.142. The summed E-state index contributed by atoms with van der Waals surface area (Å²) < 4.78 is 5.78. The smallest absolute Gasteiger partial charge is 0.0563 e. The molecule has 1 saturated heterocycles. The molecule has 1 fully saturated rings. The van der Waals surface area contributed by atoms with Crippen LogP contribution in [-0.2, 0) is 9.89 Å². The van der Waals surface area contributed by atoms with E-state index < -0.39 is 0 Å². The van der Waals surface area contributed by atoms with Crippen LogP contribution in [0.15, 0.2) is 84.5 Å². The Morgan fingerprint density at radius 2 is 1.50 bits per heavy atom. The summed E-state index contributed by atoms with van der Waals surface area (Å²) in [5.41, 5.74) is 4.28. The maximum Gasteiger partial charge on any atom is 0.0563 e. The van der Waals surface area contributed by atoms with Crippen molar-refractivity contribution in [3.05, 3.63) is 95.6 Å². The van der Waals surface area contributed by atoms with E-state index in [1.54, 1.807) is 0 Å². The van der Waals surface area contributed by atoms with Crippen LogP contribution >= 0.6 is 9.24 Å². The van der Waals surface area contributed by atoms with Crippen LogP contribution in [0.25, 0.3) is 0 Å². The first-order valence-corrected chi connectivity index (χ1v) is 9.15. The molecule has 2 heteroatoms. The van der Waals surface area contributed by atoms with Crippen molar-refractivity contribution >= 4 is 9.24 Å². The summed E-state index contributed by atoms with van der Waals surface area (Å²) in [6.45, 7) is 1.61. The van der Waals surface area contributed by atoms with Crippen LogP contribution < -0.4 is 0 Å². The van der Waals surface area contributed by atoms with Gasteiger partial charge in [0.15, 0.2) is 0 Å². The summed E-state index contributed by atoms with van der Waals surface area (Å²) in [5.74, 6) is 0.